The highest BCUT2D eigenvalue weighted by molar-refractivity contribution is 6.30. The molecule has 0 aliphatic rings. The SMILES string of the molecule is C/C(CC(=O)Nc1ccc(Cl)cc1)=N/NC(=O)C[n+]1ccccc1. The monoisotopic (exact) mass is 345 g/mol. The Labute approximate surface area is 145 Å². The molecule has 2 amide bonds. The molecule has 0 unspecified atom stereocenters. The lowest BCUT2D eigenvalue weighted by molar-refractivity contribution is -0.684. The van der Waals surface area contributed by atoms with E-state index >= 15 is 0 Å². The van der Waals surface area contributed by atoms with Gasteiger partial charge in [0.15, 0.2) is 12.4 Å². The third kappa shape index (κ3) is 6.18. The second-order valence-corrected chi connectivity index (χ2v) is 5.60. The highest BCUT2D eigenvalue weighted by atomic mass is 35.5. The Morgan fingerprint density at radius 3 is 2.42 bits per heavy atom. The zero-order valence-electron chi connectivity index (χ0n) is 13.2. The Morgan fingerprint density at radius 1 is 1.08 bits per heavy atom. The van der Waals surface area contributed by atoms with Gasteiger partial charge in [0.1, 0.15) is 0 Å². The smallest absolute Gasteiger partial charge is 0.305 e. The maximum Gasteiger partial charge on any atom is 0.305 e. The summed E-state index contributed by atoms with van der Waals surface area (Å²) < 4.78 is 1.73. The number of hydrogen-bond acceptors (Lipinski definition) is 3. The molecule has 0 saturated heterocycles. The zero-order valence-corrected chi connectivity index (χ0v) is 14.0. The van der Waals surface area contributed by atoms with Crippen LogP contribution < -0.4 is 15.3 Å². The van der Waals surface area contributed by atoms with Crippen molar-refractivity contribution in [2.75, 3.05) is 5.32 Å². The summed E-state index contributed by atoms with van der Waals surface area (Å²) in [6.45, 7) is 1.84. The van der Waals surface area contributed by atoms with E-state index in [0.717, 1.165) is 0 Å². The van der Waals surface area contributed by atoms with Crippen molar-refractivity contribution in [2.24, 2.45) is 5.10 Å². The quantitative estimate of drug-likeness (QED) is 0.478. The van der Waals surface area contributed by atoms with Crippen LogP contribution in [0.5, 0.6) is 0 Å². The van der Waals surface area contributed by atoms with Gasteiger partial charge in [0.05, 0.1) is 6.42 Å². The van der Waals surface area contributed by atoms with E-state index in [4.69, 9.17) is 11.6 Å². The molecule has 6 nitrogen and oxygen atoms in total. The lowest BCUT2D eigenvalue weighted by Gasteiger charge is -2.05. The van der Waals surface area contributed by atoms with Crippen LogP contribution in [0.15, 0.2) is 60.0 Å². The number of rotatable bonds is 6. The summed E-state index contributed by atoms with van der Waals surface area (Å²) in [5.41, 5.74) is 3.60. The van der Waals surface area contributed by atoms with E-state index in [1.807, 2.05) is 18.2 Å². The fourth-order valence-electron chi connectivity index (χ4n) is 1.91. The summed E-state index contributed by atoms with van der Waals surface area (Å²) in [5, 5.41) is 7.27. The van der Waals surface area contributed by atoms with Gasteiger partial charge in [0, 0.05) is 28.6 Å². The maximum absolute atomic E-state index is 11.9. The van der Waals surface area contributed by atoms with E-state index < -0.39 is 0 Å². The number of halogens is 1. The standard InChI is InChI=1S/C17H17ClN4O2/c1-13(11-16(23)19-15-7-5-14(18)6-8-15)20-21-17(24)12-22-9-3-2-4-10-22/h2-10H,11-12H2,1H3,(H-,19,21,23,24)/p+1/b20-13-. The number of benzene rings is 1. The molecule has 0 fully saturated rings. The molecule has 124 valence electrons. The highest BCUT2D eigenvalue weighted by Crippen LogP contribution is 2.13. The van der Waals surface area contributed by atoms with Gasteiger partial charge in [-0.1, -0.05) is 17.7 Å². The van der Waals surface area contributed by atoms with Crippen LogP contribution in [0, 0.1) is 0 Å². The third-order valence-corrected chi connectivity index (χ3v) is 3.27. The van der Waals surface area contributed by atoms with E-state index in [2.05, 4.69) is 15.8 Å². The predicted octanol–water partition coefficient (Wildman–Crippen LogP) is 2.15. The van der Waals surface area contributed by atoms with E-state index in [9.17, 15) is 9.59 Å². The van der Waals surface area contributed by atoms with Gasteiger partial charge >= 0.3 is 5.91 Å². The Kier molecular flexibility index (Phi) is 6.45. The van der Waals surface area contributed by atoms with E-state index in [1.165, 1.54) is 0 Å². The van der Waals surface area contributed by atoms with Gasteiger partial charge in [-0.15, -0.1) is 0 Å². The Bertz CT molecular complexity index is 730. The van der Waals surface area contributed by atoms with Crippen molar-refractivity contribution >= 4 is 34.8 Å². The topological polar surface area (TPSA) is 74.4 Å². The van der Waals surface area contributed by atoms with Crippen molar-refractivity contribution in [2.45, 2.75) is 19.9 Å². The van der Waals surface area contributed by atoms with Crippen molar-refractivity contribution in [1.82, 2.24) is 5.43 Å². The molecule has 2 rings (SSSR count). The van der Waals surface area contributed by atoms with E-state index in [1.54, 1.807) is 48.1 Å². The molecular formula is C17H18ClN4O2+. The number of pyridine rings is 1. The summed E-state index contributed by atoms with van der Waals surface area (Å²) in [5.74, 6) is -0.478. The van der Waals surface area contributed by atoms with Crippen LogP contribution in [0.25, 0.3) is 0 Å². The van der Waals surface area contributed by atoms with Crippen molar-refractivity contribution in [3.63, 3.8) is 0 Å². The average Bonchev–Trinajstić information content (AvgIpc) is 2.56. The molecule has 0 atom stereocenters. The van der Waals surface area contributed by atoms with Crippen molar-refractivity contribution in [3.05, 3.63) is 59.9 Å². The summed E-state index contributed by atoms with van der Waals surface area (Å²) >= 11 is 5.79. The van der Waals surface area contributed by atoms with Gasteiger partial charge in [0.25, 0.3) is 0 Å². The summed E-state index contributed by atoms with van der Waals surface area (Å²) in [4.78, 5) is 23.7. The van der Waals surface area contributed by atoms with Gasteiger partial charge in [-0.05, 0) is 31.2 Å². The molecule has 0 saturated carbocycles. The normalized spacial score (nSPS) is 11.0. The molecule has 1 aromatic carbocycles. The fourth-order valence-corrected chi connectivity index (χ4v) is 2.03. The second kappa shape index (κ2) is 8.79. The zero-order chi connectivity index (χ0) is 17.4. The molecule has 7 heteroatoms. The molecule has 1 heterocycles. The number of nitrogens with one attached hydrogen (secondary N) is 2. The first-order chi connectivity index (χ1) is 11.5. The minimum absolute atomic E-state index is 0.0847. The summed E-state index contributed by atoms with van der Waals surface area (Å²) in [6.07, 6.45) is 3.66. The van der Waals surface area contributed by atoms with E-state index in [0.29, 0.717) is 16.4 Å². The van der Waals surface area contributed by atoms with Crippen LogP contribution in [0.1, 0.15) is 13.3 Å². The maximum atomic E-state index is 11.9. The lowest BCUT2D eigenvalue weighted by Crippen LogP contribution is -2.41. The minimum Gasteiger partial charge on any atom is -0.326 e. The van der Waals surface area contributed by atoms with Crippen molar-refractivity contribution in [3.8, 4) is 0 Å². The molecule has 0 spiro atoms. The fraction of sp³-hybridized carbons (Fsp3) is 0.176. The van der Waals surface area contributed by atoms with Gasteiger partial charge in [0.2, 0.25) is 12.5 Å². The van der Waals surface area contributed by atoms with Gasteiger partial charge in [-0.3, -0.25) is 9.59 Å². The Hall–Kier alpha value is -2.73. The minimum atomic E-state index is -0.261. The molecule has 2 N–H and O–H groups in total. The van der Waals surface area contributed by atoms with Crippen LogP contribution in [0.2, 0.25) is 5.02 Å². The van der Waals surface area contributed by atoms with Gasteiger partial charge in [-0.2, -0.15) is 9.67 Å². The van der Waals surface area contributed by atoms with Crippen molar-refractivity contribution < 1.29 is 14.2 Å². The van der Waals surface area contributed by atoms with Crippen molar-refractivity contribution in [1.29, 1.82) is 0 Å². The van der Waals surface area contributed by atoms with Crippen LogP contribution in [-0.4, -0.2) is 17.5 Å². The second-order valence-electron chi connectivity index (χ2n) is 5.16. The first-order valence-electron chi connectivity index (χ1n) is 7.34. The molecule has 0 aliphatic heterocycles. The summed E-state index contributed by atoms with van der Waals surface area (Å²) in [6, 6.07) is 12.4. The molecule has 2 aromatic rings. The highest BCUT2D eigenvalue weighted by Gasteiger charge is 2.09. The lowest BCUT2D eigenvalue weighted by atomic mass is 10.2. The number of aromatic nitrogens is 1. The molecule has 0 bridgehead atoms. The average molecular weight is 346 g/mol. The molecule has 24 heavy (non-hydrogen) atoms. The predicted molar refractivity (Wildman–Crippen MR) is 92.6 cm³/mol. The molecule has 1 aromatic heterocycles. The first-order valence-corrected chi connectivity index (χ1v) is 7.72. The third-order valence-electron chi connectivity index (χ3n) is 3.02. The number of anilines is 1. The number of carbonyl (C=O) groups excluding carboxylic acids is 2. The Balaban J connectivity index is 1.79. The van der Waals surface area contributed by atoms with Crippen LogP contribution >= 0.6 is 11.6 Å². The summed E-state index contributed by atoms with van der Waals surface area (Å²) in [7, 11) is 0. The number of nitrogens with zero attached hydrogens (tertiary/aromatic N) is 2. The molecule has 0 aliphatic carbocycles. The Morgan fingerprint density at radius 2 is 1.75 bits per heavy atom. The number of carbonyl (C=O) groups is 2. The number of hydrazone groups is 1. The first kappa shape index (κ1) is 17.6. The van der Waals surface area contributed by atoms with Crippen LogP contribution in [0.4, 0.5) is 5.69 Å². The van der Waals surface area contributed by atoms with Gasteiger partial charge in [-0.25, -0.2) is 5.43 Å². The van der Waals surface area contributed by atoms with Crippen LogP contribution in [-0.2, 0) is 16.1 Å². The van der Waals surface area contributed by atoms with Gasteiger partial charge < -0.3 is 5.32 Å². The largest absolute Gasteiger partial charge is 0.326 e. The van der Waals surface area contributed by atoms with Crippen LogP contribution in [0.3, 0.4) is 0 Å². The van der Waals surface area contributed by atoms with E-state index in [-0.39, 0.29) is 24.8 Å². The number of hydrogen-bond donors (Lipinski definition) is 2. The molecular weight excluding hydrogens is 328 g/mol. The molecule has 0 radical (unpaired) electrons. The number of amides is 2.